The lowest BCUT2D eigenvalue weighted by Gasteiger charge is -2.40. The van der Waals surface area contributed by atoms with Gasteiger partial charge in [-0.25, -0.2) is 17.6 Å². The molecule has 2 unspecified atom stereocenters. The average Bonchev–Trinajstić information content (AvgIpc) is 3.12. The van der Waals surface area contributed by atoms with Crippen LogP contribution in [0.5, 0.6) is 5.75 Å². The molecule has 2 atom stereocenters. The predicted molar refractivity (Wildman–Crippen MR) is 132 cm³/mol. The Kier molecular flexibility index (Phi) is 7.40. The fraction of sp³-hybridized carbons (Fsp3) is 0.458. The number of halogens is 1. The third-order valence-corrected chi connectivity index (χ3v) is 8.73. The van der Waals surface area contributed by atoms with Crippen LogP contribution in [0.15, 0.2) is 40.5 Å². The Labute approximate surface area is 214 Å². The first-order valence-corrected chi connectivity index (χ1v) is 13.3. The van der Waals surface area contributed by atoms with E-state index in [0.29, 0.717) is 48.5 Å². The number of rotatable bonds is 7. The first kappa shape index (κ1) is 26.8. The number of pyridine rings is 1. The molecule has 0 radical (unpaired) electrons. The van der Waals surface area contributed by atoms with Crippen molar-refractivity contribution >= 4 is 27.5 Å². The highest BCUT2D eigenvalue weighted by molar-refractivity contribution is 7.92. The molecule has 0 amide bonds. The molecule has 1 aromatic carbocycles. The van der Waals surface area contributed by atoms with Crippen LogP contribution in [0.1, 0.15) is 24.0 Å². The number of hydrogen-bond donors (Lipinski definition) is 1. The van der Waals surface area contributed by atoms with Gasteiger partial charge in [-0.05, 0) is 43.2 Å². The molecule has 1 fully saturated rings. The third-order valence-electron chi connectivity index (χ3n) is 6.83. The van der Waals surface area contributed by atoms with Crippen LogP contribution >= 0.6 is 0 Å². The number of aromatic nitrogens is 1. The van der Waals surface area contributed by atoms with Crippen LogP contribution in [0.3, 0.4) is 0 Å². The molecule has 0 bridgehead atoms. The Morgan fingerprint density at radius 1 is 1.27 bits per heavy atom. The summed E-state index contributed by atoms with van der Waals surface area (Å²) in [5, 5.41) is 9.10. The van der Waals surface area contributed by atoms with E-state index in [1.807, 2.05) is 4.90 Å². The van der Waals surface area contributed by atoms with Crippen LogP contribution in [-0.4, -0.2) is 80.6 Å². The number of carbonyl (C=O) groups is 1. The molecule has 1 saturated heterocycles. The normalized spacial score (nSPS) is 22.6. The molecule has 13 heteroatoms. The number of sulfone groups is 1. The van der Waals surface area contributed by atoms with Gasteiger partial charge in [-0.3, -0.25) is 4.98 Å². The number of hydrogen-bond acceptors (Lipinski definition) is 9. The van der Waals surface area contributed by atoms with Crippen molar-refractivity contribution in [3.63, 3.8) is 0 Å². The largest absolute Gasteiger partial charge is 0.509 e. The maximum atomic E-state index is 14.2. The van der Waals surface area contributed by atoms with E-state index in [1.54, 1.807) is 39.1 Å². The van der Waals surface area contributed by atoms with Gasteiger partial charge in [-0.15, -0.1) is 9.48 Å². The lowest BCUT2D eigenvalue weighted by Crippen LogP contribution is -2.59. The van der Waals surface area contributed by atoms with Crippen molar-refractivity contribution in [1.82, 2.24) is 4.98 Å². The minimum absolute atomic E-state index is 0.134. The van der Waals surface area contributed by atoms with Gasteiger partial charge in [-0.2, -0.15) is 4.99 Å². The maximum Gasteiger partial charge on any atom is 0.509 e. The molecule has 2 aliphatic rings. The molecule has 1 N–H and O–H groups in total. The Balaban J connectivity index is 1.61. The van der Waals surface area contributed by atoms with Gasteiger partial charge >= 0.3 is 12.6 Å². The summed E-state index contributed by atoms with van der Waals surface area (Å²) in [5.41, 5.74) is 1.49. The molecule has 0 spiro atoms. The molecule has 2 aromatic rings. The monoisotopic (exact) mass is 537 g/mol. The zero-order valence-electron chi connectivity index (χ0n) is 21.0. The topological polar surface area (TPSA) is 128 Å². The van der Waals surface area contributed by atoms with E-state index in [9.17, 15) is 17.6 Å². The Hall–Kier alpha value is -3.29. The molecule has 37 heavy (non-hydrogen) atoms. The molecule has 3 heterocycles. The fourth-order valence-corrected chi connectivity index (χ4v) is 7.00. The second kappa shape index (κ2) is 10.2. The number of ether oxygens (including phenoxy) is 2. The van der Waals surface area contributed by atoms with Gasteiger partial charge in [0.1, 0.15) is 18.8 Å². The fourth-order valence-electron chi connectivity index (χ4n) is 5.09. The van der Waals surface area contributed by atoms with E-state index in [-0.39, 0.29) is 21.4 Å². The highest BCUT2D eigenvalue weighted by atomic mass is 32.2. The van der Waals surface area contributed by atoms with Crippen LogP contribution in [0.2, 0.25) is 0 Å². The van der Waals surface area contributed by atoms with Gasteiger partial charge in [0.2, 0.25) is 0 Å². The minimum Gasteiger partial charge on any atom is -0.497 e. The zero-order valence-corrected chi connectivity index (χ0v) is 21.9. The van der Waals surface area contributed by atoms with Crippen molar-refractivity contribution in [1.29, 1.82) is 0 Å². The van der Waals surface area contributed by atoms with E-state index in [4.69, 9.17) is 19.4 Å². The summed E-state index contributed by atoms with van der Waals surface area (Å²) in [6, 6.07) is 4.63. The van der Waals surface area contributed by atoms with E-state index in [0.717, 1.165) is 6.20 Å². The number of quaternary nitrogens is 1. The van der Waals surface area contributed by atoms with Crippen molar-refractivity contribution in [3.05, 3.63) is 47.5 Å². The van der Waals surface area contributed by atoms with Gasteiger partial charge in [0.25, 0.3) is 5.84 Å². The Bertz CT molecular complexity index is 1310. The molecular formula is C24H30FN4O7S+. The number of piperidine rings is 1. The van der Waals surface area contributed by atoms with Crippen LogP contribution in [0.4, 0.5) is 14.9 Å². The van der Waals surface area contributed by atoms with Crippen LogP contribution in [0.25, 0.3) is 0 Å². The highest BCUT2D eigenvalue weighted by Gasteiger charge is 2.52. The number of aliphatic imine (C=N–C) groups is 1. The Morgan fingerprint density at radius 2 is 1.92 bits per heavy atom. The molecule has 11 nitrogen and oxygen atoms in total. The summed E-state index contributed by atoms with van der Waals surface area (Å²) in [7, 11) is -0.743. The number of benzene rings is 1. The third kappa shape index (κ3) is 5.38. The molecule has 4 rings (SSSR count). The standard InChI is InChI=1S/C24H29FN4O7S/c1-15-11-18(34-4)12-16(2)22(15)37(32,33)14-21-27-23(35-24(30)31)36-29(21,3)17-6-9-28(10-7-17)20-5-8-26-13-19(20)25/h5,8,11-13,17,23H,6-7,9-10,14H2,1-4H3/p+1. The molecule has 2 aliphatic heterocycles. The number of carboxylic acid groups (broad SMARTS) is 1. The summed E-state index contributed by atoms with van der Waals surface area (Å²) in [4.78, 5) is 27.1. The zero-order chi connectivity index (χ0) is 27.0. The number of hydroxylamine groups is 3. The first-order valence-electron chi connectivity index (χ1n) is 11.7. The van der Waals surface area contributed by atoms with E-state index in [1.165, 1.54) is 13.3 Å². The first-order chi connectivity index (χ1) is 17.4. The summed E-state index contributed by atoms with van der Waals surface area (Å²) in [6.07, 6.45) is 0.616. The summed E-state index contributed by atoms with van der Waals surface area (Å²) in [5.74, 6) is -0.235. The number of methoxy groups -OCH3 is 1. The number of aryl methyl sites for hydroxylation is 2. The predicted octanol–water partition coefficient (Wildman–Crippen LogP) is 3.06. The van der Waals surface area contributed by atoms with E-state index >= 15 is 0 Å². The van der Waals surface area contributed by atoms with Gasteiger partial charge < -0.3 is 19.5 Å². The summed E-state index contributed by atoms with van der Waals surface area (Å²) in [6.45, 7) is 4.33. The lowest BCUT2D eigenvalue weighted by molar-refractivity contribution is -1.04. The highest BCUT2D eigenvalue weighted by Crippen LogP contribution is 2.34. The summed E-state index contributed by atoms with van der Waals surface area (Å²) < 4.78 is 51.1. The number of amidine groups is 1. The van der Waals surface area contributed by atoms with Gasteiger partial charge in [0, 0.05) is 32.1 Å². The molecule has 0 saturated carbocycles. The second-order valence-corrected chi connectivity index (χ2v) is 11.2. The maximum absolute atomic E-state index is 14.2. The van der Waals surface area contributed by atoms with Crippen LogP contribution < -0.4 is 9.64 Å². The van der Waals surface area contributed by atoms with Crippen molar-refractivity contribution in [2.75, 3.05) is 37.9 Å². The quantitative estimate of drug-likeness (QED) is 0.419. The van der Waals surface area contributed by atoms with E-state index < -0.39 is 34.0 Å². The van der Waals surface area contributed by atoms with Crippen LogP contribution in [-0.2, 0) is 19.4 Å². The lowest BCUT2D eigenvalue weighted by atomic mass is 10.0. The van der Waals surface area contributed by atoms with E-state index in [2.05, 4.69) is 9.98 Å². The van der Waals surface area contributed by atoms with Crippen LogP contribution in [0, 0.1) is 19.7 Å². The van der Waals surface area contributed by atoms with Gasteiger partial charge in [0.05, 0.1) is 23.9 Å². The van der Waals surface area contributed by atoms with Crippen molar-refractivity contribution < 1.29 is 41.7 Å². The van der Waals surface area contributed by atoms with Crippen molar-refractivity contribution in [2.45, 2.75) is 44.0 Å². The van der Waals surface area contributed by atoms with Crippen molar-refractivity contribution in [3.8, 4) is 5.75 Å². The second-order valence-electron chi connectivity index (χ2n) is 9.23. The Morgan fingerprint density at radius 3 is 2.49 bits per heavy atom. The number of anilines is 1. The molecule has 1 aromatic heterocycles. The minimum atomic E-state index is -3.90. The molecular weight excluding hydrogens is 507 g/mol. The van der Waals surface area contributed by atoms with Gasteiger partial charge in [-0.1, -0.05) is 0 Å². The summed E-state index contributed by atoms with van der Waals surface area (Å²) >= 11 is 0. The SMILES string of the molecule is COc1cc(C)c(S(=O)(=O)CC2=NC(OC(=O)O)O[N+]2(C)C2CCN(c3ccncc3F)CC2)c(C)c1. The van der Waals surface area contributed by atoms with Gasteiger partial charge in [0.15, 0.2) is 21.4 Å². The smallest absolute Gasteiger partial charge is 0.497 e. The molecule has 0 aliphatic carbocycles. The number of nitrogens with zero attached hydrogens (tertiary/aromatic N) is 4. The van der Waals surface area contributed by atoms with Crippen molar-refractivity contribution in [2.24, 2.45) is 4.99 Å². The average molecular weight is 538 g/mol. The molecule has 200 valence electrons.